The summed E-state index contributed by atoms with van der Waals surface area (Å²) in [7, 11) is 0. The predicted octanol–water partition coefficient (Wildman–Crippen LogP) is 2.39. The minimum Gasteiger partial charge on any atom is -0.314 e. The molecule has 0 amide bonds. The second-order valence-corrected chi connectivity index (χ2v) is 4.95. The zero-order valence-corrected chi connectivity index (χ0v) is 9.69. The topological polar surface area (TPSA) is 29.1 Å². The quantitative estimate of drug-likeness (QED) is 0.830. The van der Waals surface area contributed by atoms with Crippen molar-refractivity contribution < 1.29 is 4.79 Å². The molecule has 0 bridgehead atoms. The van der Waals surface area contributed by atoms with Crippen LogP contribution in [0.1, 0.15) is 31.2 Å². The first-order valence-electron chi connectivity index (χ1n) is 5.61. The Labute approximate surface area is 94.7 Å². The number of rotatable bonds is 5. The fourth-order valence-electron chi connectivity index (χ4n) is 2.03. The van der Waals surface area contributed by atoms with E-state index in [0.717, 1.165) is 19.4 Å². The monoisotopic (exact) mass is 223 g/mol. The summed E-state index contributed by atoms with van der Waals surface area (Å²) in [6.45, 7) is 1.09. The Kier molecular flexibility index (Phi) is 3.92. The van der Waals surface area contributed by atoms with Crippen LogP contribution >= 0.6 is 11.3 Å². The highest BCUT2D eigenvalue weighted by Gasteiger charge is 2.17. The van der Waals surface area contributed by atoms with Crippen LogP contribution in [0, 0.1) is 0 Å². The van der Waals surface area contributed by atoms with Crippen LogP contribution in [0.5, 0.6) is 0 Å². The molecule has 1 unspecified atom stereocenters. The van der Waals surface area contributed by atoms with E-state index < -0.39 is 0 Å². The molecule has 0 spiro atoms. The summed E-state index contributed by atoms with van der Waals surface area (Å²) in [5, 5.41) is 7.56. The third kappa shape index (κ3) is 3.43. The van der Waals surface area contributed by atoms with Crippen LogP contribution < -0.4 is 5.32 Å². The summed E-state index contributed by atoms with van der Waals surface area (Å²) in [4.78, 5) is 11.7. The van der Waals surface area contributed by atoms with Gasteiger partial charge in [0, 0.05) is 18.9 Å². The molecule has 1 aromatic rings. The van der Waals surface area contributed by atoms with Gasteiger partial charge in [0.05, 0.1) is 0 Å². The van der Waals surface area contributed by atoms with Gasteiger partial charge in [-0.15, -0.1) is 0 Å². The average molecular weight is 223 g/mol. The maximum atomic E-state index is 11.7. The number of hydrogen-bond donors (Lipinski definition) is 1. The summed E-state index contributed by atoms with van der Waals surface area (Å²) < 4.78 is 0. The number of thiophene rings is 1. The smallest absolute Gasteiger partial charge is 0.134 e. The van der Waals surface area contributed by atoms with E-state index >= 15 is 0 Å². The zero-order valence-electron chi connectivity index (χ0n) is 8.87. The van der Waals surface area contributed by atoms with E-state index in [1.807, 2.05) is 0 Å². The molecule has 1 fully saturated rings. The number of ketones is 1. The number of carbonyl (C=O) groups is 1. The van der Waals surface area contributed by atoms with Gasteiger partial charge in [-0.2, -0.15) is 11.3 Å². The van der Waals surface area contributed by atoms with Crippen LogP contribution in [-0.2, 0) is 11.2 Å². The summed E-state index contributed by atoms with van der Waals surface area (Å²) in [5.74, 6) is 0.403. The molecule has 1 saturated heterocycles. The van der Waals surface area contributed by atoms with Gasteiger partial charge in [-0.25, -0.2) is 0 Å². The van der Waals surface area contributed by atoms with Gasteiger partial charge in [0.1, 0.15) is 5.78 Å². The second-order valence-electron chi connectivity index (χ2n) is 4.17. The van der Waals surface area contributed by atoms with E-state index in [1.54, 1.807) is 11.3 Å². The maximum Gasteiger partial charge on any atom is 0.134 e. The number of aryl methyl sites for hydroxylation is 1. The first kappa shape index (κ1) is 10.8. The highest BCUT2D eigenvalue weighted by Crippen LogP contribution is 2.13. The van der Waals surface area contributed by atoms with Crippen molar-refractivity contribution in [1.29, 1.82) is 0 Å². The Bertz CT molecular complexity index is 301. The fraction of sp³-hybridized carbons (Fsp3) is 0.583. The lowest BCUT2D eigenvalue weighted by atomic mass is 10.0. The maximum absolute atomic E-state index is 11.7. The van der Waals surface area contributed by atoms with E-state index in [4.69, 9.17) is 0 Å². The Hall–Kier alpha value is -0.670. The third-order valence-corrected chi connectivity index (χ3v) is 3.64. The van der Waals surface area contributed by atoms with Crippen LogP contribution in [0.25, 0.3) is 0 Å². The van der Waals surface area contributed by atoms with Crippen molar-refractivity contribution in [3.63, 3.8) is 0 Å². The van der Waals surface area contributed by atoms with Gasteiger partial charge in [-0.05, 0) is 48.2 Å². The highest BCUT2D eigenvalue weighted by atomic mass is 32.1. The molecule has 0 saturated carbocycles. The molecule has 82 valence electrons. The molecule has 2 heterocycles. The second kappa shape index (κ2) is 5.42. The van der Waals surface area contributed by atoms with Gasteiger partial charge < -0.3 is 5.32 Å². The zero-order chi connectivity index (χ0) is 10.5. The minimum atomic E-state index is 0.403. The normalized spacial score (nSPS) is 20.7. The largest absolute Gasteiger partial charge is 0.314 e. The van der Waals surface area contributed by atoms with Gasteiger partial charge in [0.25, 0.3) is 0 Å². The third-order valence-electron chi connectivity index (χ3n) is 2.91. The van der Waals surface area contributed by atoms with E-state index in [0.29, 0.717) is 18.2 Å². The number of hydrogen-bond acceptors (Lipinski definition) is 3. The molecule has 15 heavy (non-hydrogen) atoms. The summed E-state index contributed by atoms with van der Waals surface area (Å²) in [5.41, 5.74) is 1.30. The molecule has 1 aliphatic rings. The van der Waals surface area contributed by atoms with Crippen LogP contribution in [0.15, 0.2) is 16.8 Å². The van der Waals surface area contributed by atoms with E-state index in [-0.39, 0.29) is 0 Å². The Morgan fingerprint density at radius 2 is 2.53 bits per heavy atom. The van der Waals surface area contributed by atoms with Crippen molar-refractivity contribution in [2.75, 3.05) is 6.54 Å². The van der Waals surface area contributed by atoms with E-state index in [9.17, 15) is 4.79 Å². The first-order valence-corrected chi connectivity index (χ1v) is 6.55. The predicted molar refractivity (Wildman–Crippen MR) is 63.3 cm³/mol. The Morgan fingerprint density at radius 3 is 3.20 bits per heavy atom. The minimum absolute atomic E-state index is 0.403. The molecule has 0 aliphatic carbocycles. The van der Waals surface area contributed by atoms with Crippen LogP contribution in [0.2, 0.25) is 0 Å². The number of carbonyl (C=O) groups excluding carboxylic acids is 1. The molecular formula is C12H17NOS. The first-order chi connectivity index (χ1) is 7.34. The van der Waals surface area contributed by atoms with E-state index in [2.05, 4.69) is 22.1 Å². The van der Waals surface area contributed by atoms with Crippen molar-refractivity contribution in [2.45, 2.75) is 38.1 Å². The van der Waals surface area contributed by atoms with E-state index in [1.165, 1.54) is 18.4 Å². The molecule has 0 radical (unpaired) electrons. The van der Waals surface area contributed by atoms with Gasteiger partial charge in [-0.1, -0.05) is 0 Å². The van der Waals surface area contributed by atoms with Crippen molar-refractivity contribution in [1.82, 2.24) is 5.32 Å². The fourth-order valence-corrected chi connectivity index (χ4v) is 2.73. The molecular weight excluding hydrogens is 206 g/mol. The lowest BCUT2D eigenvalue weighted by Crippen LogP contribution is -2.24. The lowest BCUT2D eigenvalue weighted by Gasteiger charge is -2.08. The van der Waals surface area contributed by atoms with Crippen LogP contribution in [0.3, 0.4) is 0 Å². The van der Waals surface area contributed by atoms with Gasteiger partial charge >= 0.3 is 0 Å². The summed E-state index contributed by atoms with van der Waals surface area (Å²) in [6.07, 6.45) is 4.74. The van der Waals surface area contributed by atoms with Crippen molar-refractivity contribution in [3.05, 3.63) is 22.4 Å². The van der Waals surface area contributed by atoms with Crippen molar-refractivity contribution in [3.8, 4) is 0 Å². The summed E-state index contributed by atoms with van der Waals surface area (Å²) in [6, 6.07) is 2.56. The SMILES string of the molecule is O=C(CCc1ccsc1)CC1CCCN1. The summed E-state index contributed by atoms with van der Waals surface area (Å²) >= 11 is 1.70. The van der Waals surface area contributed by atoms with Gasteiger partial charge in [-0.3, -0.25) is 4.79 Å². The standard InChI is InChI=1S/C12H17NOS/c14-12(8-11-2-1-6-13-11)4-3-10-5-7-15-9-10/h5,7,9,11,13H,1-4,6,8H2. The molecule has 3 heteroatoms. The lowest BCUT2D eigenvalue weighted by molar-refractivity contribution is -0.119. The average Bonchev–Trinajstić information content (AvgIpc) is 2.86. The molecule has 0 aromatic carbocycles. The molecule has 1 N–H and O–H groups in total. The Balaban J connectivity index is 1.68. The van der Waals surface area contributed by atoms with Gasteiger partial charge in [0.15, 0.2) is 0 Å². The Morgan fingerprint density at radius 1 is 1.60 bits per heavy atom. The van der Waals surface area contributed by atoms with Crippen molar-refractivity contribution >= 4 is 17.1 Å². The molecule has 2 nitrogen and oxygen atoms in total. The highest BCUT2D eigenvalue weighted by molar-refractivity contribution is 7.07. The van der Waals surface area contributed by atoms with Crippen molar-refractivity contribution in [2.24, 2.45) is 0 Å². The molecule has 2 rings (SSSR count). The molecule has 1 atom stereocenters. The number of Topliss-reactive ketones (excluding diaryl/α,β-unsaturated/α-hetero) is 1. The molecule has 1 aliphatic heterocycles. The van der Waals surface area contributed by atoms with Crippen LogP contribution in [-0.4, -0.2) is 18.4 Å². The molecule has 1 aromatic heterocycles. The number of nitrogens with one attached hydrogen (secondary N) is 1. The van der Waals surface area contributed by atoms with Gasteiger partial charge in [0.2, 0.25) is 0 Å². The van der Waals surface area contributed by atoms with Crippen LogP contribution in [0.4, 0.5) is 0 Å².